The summed E-state index contributed by atoms with van der Waals surface area (Å²) in [6, 6.07) is -0.503. The van der Waals surface area contributed by atoms with Gasteiger partial charge in [0.1, 0.15) is 0 Å². The highest BCUT2D eigenvalue weighted by atomic mass is 16.4. The first-order chi connectivity index (χ1) is 9.10. The van der Waals surface area contributed by atoms with Gasteiger partial charge in [-0.05, 0) is 49.9 Å². The minimum atomic E-state index is -0.874. The van der Waals surface area contributed by atoms with Crippen LogP contribution in [0, 0.1) is 17.8 Å². The van der Waals surface area contributed by atoms with Crippen molar-refractivity contribution in [2.24, 2.45) is 17.8 Å². The van der Waals surface area contributed by atoms with E-state index in [2.05, 4.69) is 10.6 Å². The molecule has 0 saturated heterocycles. The number of carbonyl (C=O) groups is 2. The Morgan fingerprint density at radius 1 is 1.21 bits per heavy atom. The highest BCUT2D eigenvalue weighted by Gasteiger charge is 2.41. The van der Waals surface area contributed by atoms with Crippen LogP contribution in [-0.4, -0.2) is 29.7 Å². The largest absolute Gasteiger partial charge is 0.481 e. The molecule has 108 valence electrons. The molecule has 0 aliphatic heterocycles. The number of rotatable bonds is 8. The van der Waals surface area contributed by atoms with Crippen molar-refractivity contribution in [1.82, 2.24) is 10.6 Å². The van der Waals surface area contributed by atoms with E-state index in [1.807, 2.05) is 6.92 Å². The van der Waals surface area contributed by atoms with Gasteiger partial charge >= 0.3 is 12.0 Å². The predicted molar refractivity (Wildman–Crippen MR) is 71.8 cm³/mol. The van der Waals surface area contributed by atoms with Crippen molar-refractivity contribution < 1.29 is 14.7 Å². The lowest BCUT2D eigenvalue weighted by Gasteiger charge is -2.19. The molecule has 3 N–H and O–H groups in total. The first-order valence-corrected chi connectivity index (χ1v) is 7.36. The minimum absolute atomic E-state index is 0.0153. The average molecular weight is 268 g/mol. The maximum Gasteiger partial charge on any atom is 0.315 e. The Hall–Kier alpha value is -1.26. The molecule has 2 fully saturated rings. The molecule has 0 radical (unpaired) electrons. The van der Waals surface area contributed by atoms with E-state index in [-0.39, 0.29) is 18.5 Å². The smallest absolute Gasteiger partial charge is 0.315 e. The molecule has 2 saturated carbocycles. The summed E-state index contributed by atoms with van der Waals surface area (Å²) in [7, 11) is 0. The van der Waals surface area contributed by atoms with Gasteiger partial charge in [0.25, 0.3) is 0 Å². The third-order valence-corrected chi connectivity index (χ3v) is 4.20. The molecule has 5 nitrogen and oxygen atoms in total. The number of carboxylic acid groups (broad SMARTS) is 1. The van der Waals surface area contributed by atoms with Crippen molar-refractivity contribution in [1.29, 1.82) is 0 Å². The topological polar surface area (TPSA) is 78.4 Å². The fourth-order valence-corrected chi connectivity index (χ4v) is 2.72. The van der Waals surface area contributed by atoms with Gasteiger partial charge in [-0.3, -0.25) is 4.79 Å². The summed E-state index contributed by atoms with van der Waals surface area (Å²) in [6.45, 7) is 2.62. The molecule has 2 aliphatic rings. The fraction of sp³-hybridized carbons (Fsp3) is 0.857. The zero-order chi connectivity index (χ0) is 13.8. The summed E-state index contributed by atoms with van der Waals surface area (Å²) < 4.78 is 0. The molecular formula is C14H24N2O3. The molecule has 0 aromatic heterocycles. The number of hydrogen-bond donors (Lipinski definition) is 3. The van der Waals surface area contributed by atoms with Crippen LogP contribution >= 0.6 is 0 Å². The van der Waals surface area contributed by atoms with Crippen LogP contribution in [0.3, 0.4) is 0 Å². The fourth-order valence-electron chi connectivity index (χ4n) is 2.72. The van der Waals surface area contributed by atoms with E-state index in [0.29, 0.717) is 12.3 Å². The molecule has 1 atom stereocenters. The Balaban J connectivity index is 1.69. The Labute approximate surface area is 114 Å². The lowest BCUT2D eigenvalue weighted by atomic mass is 9.98. The van der Waals surface area contributed by atoms with E-state index in [4.69, 9.17) is 5.11 Å². The zero-order valence-corrected chi connectivity index (χ0v) is 11.5. The molecule has 0 aromatic rings. The van der Waals surface area contributed by atoms with Crippen molar-refractivity contribution in [3.8, 4) is 0 Å². The van der Waals surface area contributed by atoms with Gasteiger partial charge in [-0.1, -0.05) is 6.92 Å². The minimum Gasteiger partial charge on any atom is -0.481 e. The van der Waals surface area contributed by atoms with Crippen molar-refractivity contribution in [2.45, 2.75) is 51.5 Å². The van der Waals surface area contributed by atoms with Crippen LogP contribution in [0.2, 0.25) is 0 Å². The van der Waals surface area contributed by atoms with Gasteiger partial charge in [0.05, 0.1) is 6.42 Å². The molecule has 0 spiro atoms. The molecule has 0 aromatic carbocycles. The molecule has 0 heterocycles. The van der Waals surface area contributed by atoms with Crippen molar-refractivity contribution in [3.63, 3.8) is 0 Å². The van der Waals surface area contributed by atoms with Gasteiger partial charge in [-0.2, -0.15) is 0 Å². The van der Waals surface area contributed by atoms with Crippen LogP contribution in [0.1, 0.15) is 45.4 Å². The highest BCUT2D eigenvalue weighted by Crippen LogP contribution is 2.48. The lowest BCUT2D eigenvalue weighted by molar-refractivity contribution is -0.137. The number of nitrogens with one attached hydrogen (secondary N) is 2. The first-order valence-electron chi connectivity index (χ1n) is 7.36. The van der Waals surface area contributed by atoms with Gasteiger partial charge in [0.15, 0.2) is 0 Å². The Bertz CT molecular complexity index is 326. The Morgan fingerprint density at radius 2 is 1.79 bits per heavy atom. The molecule has 5 heteroatoms. The van der Waals surface area contributed by atoms with Crippen LogP contribution in [0.5, 0.6) is 0 Å². The zero-order valence-electron chi connectivity index (χ0n) is 11.5. The quantitative estimate of drug-likeness (QED) is 0.630. The third-order valence-electron chi connectivity index (χ3n) is 4.20. The van der Waals surface area contributed by atoms with Crippen molar-refractivity contribution >= 4 is 12.0 Å². The standard InChI is InChI=1S/C14H24N2O3/c1-2-11(7-13(17)18)16-14(19)15-8-12(9-3-4-9)10-5-6-10/h9-12H,2-8H2,1H3,(H,17,18)(H2,15,16,19). The predicted octanol–water partition coefficient (Wildman–Crippen LogP) is 1.98. The van der Waals surface area contributed by atoms with Crippen LogP contribution in [0.25, 0.3) is 0 Å². The first kappa shape index (κ1) is 14.2. The van der Waals surface area contributed by atoms with E-state index >= 15 is 0 Å². The number of urea groups is 1. The maximum absolute atomic E-state index is 11.8. The molecule has 1 unspecified atom stereocenters. The van der Waals surface area contributed by atoms with E-state index in [1.165, 1.54) is 25.7 Å². The summed E-state index contributed by atoms with van der Waals surface area (Å²) in [5.74, 6) is 1.40. The number of carbonyl (C=O) groups excluding carboxylic acids is 1. The summed E-state index contributed by atoms with van der Waals surface area (Å²) in [4.78, 5) is 22.4. The van der Waals surface area contributed by atoms with Gasteiger partial charge < -0.3 is 15.7 Å². The molecule has 2 amide bonds. The lowest BCUT2D eigenvalue weighted by Crippen LogP contribution is -2.44. The molecule has 19 heavy (non-hydrogen) atoms. The third kappa shape index (κ3) is 4.73. The summed E-state index contributed by atoms with van der Waals surface area (Å²) in [5.41, 5.74) is 0. The van der Waals surface area contributed by atoms with Crippen LogP contribution < -0.4 is 10.6 Å². The average Bonchev–Trinajstić information content (AvgIpc) is 3.20. The number of hydrogen-bond acceptors (Lipinski definition) is 2. The maximum atomic E-state index is 11.8. The summed E-state index contributed by atoms with van der Waals surface area (Å²) in [5, 5.41) is 14.4. The molecule has 2 rings (SSSR count). The normalized spacial score (nSPS) is 20.1. The van der Waals surface area contributed by atoms with Crippen LogP contribution in [0.4, 0.5) is 4.79 Å². The Morgan fingerprint density at radius 3 is 2.21 bits per heavy atom. The van der Waals surface area contributed by atoms with E-state index in [1.54, 1.807) is 0 Å². The van der Waals surface area contributed by atoms with Crippen LogP contribution in [0.15, 0.2) is 0 Å². The SMILES string of the molecule is CCC(CC(=O)O)NC(=O)NCC(C1CC1)C1CC1. The molecular weight excluding hydrogens is 244 g/mol. The second-order valence-corrected chi connectivity index (χ2v) is 5.90. The summed E-state index contributed by atoms with van der Waals surface area (Å²) >= 11 is 0. The number of aliphatic carboxylic acids is 1. The number of carboxylic acids is 1. The highest BCUT2D eigenvalue weighted by molar-refractivity contribution is 5.75. The monoisotopic (exact) mass is 268 g/mol. The molecule has 2 aliphatic carbocycles. The second-order valence-electron chi connectivity index (χ2n) is 5.90. The van der Waals surface area contributed by atoms with Crippen molar-refractivity contribution in [2.75, 3.05) is 6.54 Å². The van der Waals surface area contributed by atoms with Gasteiger partial charge in [0, 0.05) is 12.6 Å². The molecule has 0 bridgehead atoms. The summed E-state index contributed by atoms with van der Waals surface area (Å²) in [6.07, 6.45) is 5.84. The van der Waals surface area contributed by atoms with E-state index in [0.717, 1.165) is 18.4 Å². The van der Waals surface area contributed by atoms with E-state index < -0.39 is 5.97 Å². The van der Waals surface area contributed by atoms with E-state index in [9.17, 15) is 9.59 Å². The van der Waals surface area contributed by atoms with Gasteiger partial charge in [0.2, 0.25) is 0 Å². The van der Waals surface area contributed by atoms with Gasteiger partial charge in [-0.25, -0.2) is 4.79 Å². The van der Waals surface area contributed by atoms with Gasteiger partial charge in [-0.15, -0.1) is 0 Å². The Kier molecular flexibility index (Phi) is 4.66. The van der Waals surface area contributed by atoms with Crippen molar-refractivity contribution in [3.05, 3.63) is 0 Å². The second kappa shape index (κ2) is 6.26. The van der Waals surface area contributed by atoms with Crippen LogP contribution in [-0.2, 0) is 4.79 Å². The number of amides is 2.